The molecule has 83 valence electrons. The Kier molecular flexibility index (Phi) is 2.25. The molecule has 0 aliphatic heterocycles. The lowest BCUT2D eigenvalue weighted by Gasteiger charge is -2.04. The first-order chi connectivity index (χ1) is 7.38. The van der Waals surface area contributed by atoms with Crippen LogP contribution in [0.25, 0.3) is 10.8 Å². The van der Waals surface area contributed by atoms with Crippen LogP contribution in [-0.2, 0) is 10.1 Å². The number of phenols is 1. The summed E-state index contributed by atoms with van der Waals surface area (Å²) in [7, 11) is -4.33. The van der Waals surface area contributed by atoms with Crippen molar-refractivity contribution in [3.8, 4) is 5.75 Å². The summed E-state index contributed by atoms with van der Waals surface area (Å²) < 4.78 is 30.7. The van der Waals surface area contributed by atoms with Crippen molar-refractivity contribution in [2.45, 2.75) is 4.90 Å². The highest BCUT2D eigenvalue weighted by atomic mass is 32.2. The second-order valence-corrected chi connectivity index (χ2v) is 4.77. The number of fused-ring (bicyclic) bond motifs is 1. The molecule has 0 heterocycles. The van der Waals surface area contributed by atoms with Crippen LogP contribution in [0.1, 0.15) is 0 Å². The third-order valence-corrected chi connectivity index (χ3v) is 3.04. The zero-order chi connectivity index (χ0) is 11.9. The summed E-state index contributed by atoms with van der Waals surface area (Å²) in [6.07, 6.45) is 0. The lowest BCUT2D eigenvalue weighted by molar-refractivity contribution is 0.471. The van der Waals surface area contributed by atoms with Gasteiger partial charge in [0.1, 0.15) is 5.75 Å². The molecule has 0 aromatic heterocycles. The zero-order valence-corrected chi connectivity index (χ0v) is 8.82. The molecule has 0 amide bonds. The lowest BCUT2D eigenvalue weighted by Crippen LogP contribution is -1.97. The van der Waals surface area contributed by atoms with E-state index in [0.29, 0.717) is 10.8 Å². The fraction of sp³-hybridized carbons (Fsp3) is 0. The number of phenolic OH excluding ortho intramolecular Hbond substituents is 1. The first-order valence-electron chi connectivity index (χ1n) is 4.34. The standard InChI is InChI=1S/C10H8NO4S/c11-7-2-1-6-3-8(16(13,14)15)5-10(12)9(6)4-7/h1-5,11-12H,(H,13,14,15). The van der Waals surface area contributed by atoms with Crippen LogP contribution >= 0.6 is 0 Å². The van der Waals surface area contributed by atoms with Crippen molar-refractivity contribution in [1.82, 2.24) is 5.73 Å². The van der Waals surface area contributed by atoms with Gasteiger partial charge in [-0.05, 0) is 23.6 Å². The van der Waals surface area contributed by atoms with Crippen molar-refractivity contribution in [2.24, 2.45) is 0 Å². The molecule has 1 radical (unpaired) electrons. The average molecular weight is 238 g/mol. The minimum atomic E-state index is -4.33. The van der Waals surface area contributed by atoms with Gasteiger partial charge in [-0.15, -0.1) is 0 Å². The van der Waals surface area contributed by atoms with E-state index in [1.165, 1.54) is 24.3 Å². The highest BCUT2D eigenvalue weighted by Crippen LogP contribution is 2.30. The molecule has 6 heteroatoms. The highest BCUT2D eigenvalue weighted by Gasteiger charge is 2.13. The number of aromatic hydroxyl groups is 1. The molecular weight excluding hydrogens is 230 g/mol. The summed E-state index contributed by atoms with van der Waals surface area (Å²) in [4.78, 5) is -0.366. The normalized spacial score (nSPS) is 11.8. The Morgan fingerprint density at radius 1 is 1.12 bits per heavy atom. The van der Waals surface area contributed by atoms with Crippen LogP contribution in [0.5, 0.6) is 5.75 Å². The SMILES string of the molecule is [NH]c1ccc2cc(S(=O)(=O)O)cc(O)c2c1. The number of hydrogen-bond acceptors (Lipinski definition) is 3. The largest absolute Gasteiger partial charge is 0.507 e. The van der Waals surface area contributed by atoms with Crippen LogP contribution in [0, 0.1) is 0 Å². The van der Waals surface area contributed by atoms with Crippen LogP contribution in [0.15, 0.2) is 35.2 Å². The number of hydrogen-bond donors (Lipinski definition) is 2. The topological polar surface area (TPSA) is 98.4 Å². The zero-order valence-electron chi connectivity index (χ0n) is 8.01. The van der Waals surface area contributed by atoms with E-state index >= 15 is 0 Å². The molecular formula is C10H8NO4S. The maximum atomic E-state index is 10.9. The number of benzene rings is 2. The summed E-state index contributed by atoms with van der Waals surface area (Å²) >= 11 is 0. The third-order valence-electron chi connectivity index (χ3n) is 2.20. The van der Waals surface area contributed by atoms with Crippen LogP contribution < -0.4 is 5.73 Å². The van der Waals surface area contributed by atoms with Crippen molar-refractivity contribution in [3.63, 3.8) is 0 Å². The van der Waals surface area contributed by atoms with Gasteiger partial charge >= 0.3 is 0 Å². The molecule has 0 aliphatic carbocycles. The molecule has 0 bridgehead atoms. The molecule has 5 nitrogen and oxygen atoms in total. The van der Waals surface area contributed by atoms with E-state index in [0.717, 1.165) is 6.07 Å². The van der Waals surface area contributed by atoms with Gasteiger partial charge in [0.2, 0.25) is 0 Å². The highest BCUT2D eigenvalue weighted by molar-refractivity contribution is 7.85. The second-order valence-electron chi connectivity index (χ2n) is 3.35. The Labute approximate surface area is 91.9 Å². The summed E-state index contributed by atoms with van der Waals surface area (Å²) in [5.41, 5.74) is 7.58. The van der Waals surface area contributed by atoms with Crippen molar-refractivity contribution < 1.29 is 18.1 Å². The minimum absolute atomic E-state index is 0.211. The maximum Gasteiger partial charge on any atom is 0.294 e. The quantitative estimate of drug-likeness (QED) is 0.738. The van der Waals surface area contributed by atoms with E-state index in [1.54, 1.807) is 0 Å². The van der Waals surface area contributed by atoms with E-state index in [1.807, 2.05) is 0 Å². The molecule has 0 aliphatic rings. The van der Waals surface area contributed by atoms with Gasteiger partial charge < -0.3 is 10.8 Å². The van der Waals surface area contributed by atoms with Gasteiger partial charge in [0, 0.05) is 11.5 Å². The monoisotopic (exact) mass is 238 g/mol. The van der Waals surface area contributed by atoms with Crippen LogP contribution in [-0.4, -0.2) is 18.1 Å². The van der Waals surface area contributed by atoms with Gasteiger partial charge in [-0.25, -0.2) is 0 Å². The molecule has 2 aromatic carbocycles. The molecule has 2 rings (SSSR count). The lowest BCUT2D eigenvalue weighted by atomic mass is 10.1. The second kappa shape index (κ2) is 3.36. The smallest absolute Gasteiger partial charge is 0.294 e. The Hall–Kier alpha value is -1.79. The molecule has 0 spiro atoms. The first-order valence-corrected chi connectivity index (χ1v) is 5.78. The number of nitrogens with one attached hydrogen (secondary N) is 1. The van der Waals surface area contributed by atoms with Gasteiger partial charge in [-0.1, -0.05) is 6.07 Å². The summed E-state index contributed by atoms with van der Waals surface area (Å²) in [5, 5.41) is 10.4. The summed E-state index contributed by atoms with van der Waals surface area (Å²) in [5.74, 6) is -0.278. The number of rotatable bonds is 1. The molecule has 0 saturated heterocycles. The Morgan fingerprint density at radius 3 is 2.44 bits per heavy atom. The predicted octanol–water partition coefficient (Wildman–Crippen LogP) is 1.71. The van der Waals surface area contributed by atoms with Gasteiger partial charge in [0.15, 0.2) is 0 Å². The average Bonchev–Trinajstić information content (AvgIpc) is 2.17. The van der Waals surface area contributed by atoms with E-state index in [4.69, 9.17) is 10.3 Å². The first kappa shape index (κ1) is 10.7. The predicted molar refractivity (Wildman–Crippen MR) is 58.2 cm³/mol. The van der Waals surface area contributed by atoms with Crippen LogP contribution in [0.2, 0.25) is 0 Å². The fourth-order valence-electron chi connectivity index (χ4n) is 1.46. The Morgan fingerprint density at radius 2 is 1.81 bits per heavy atom. The van der Waals surface area contributed by atoms with Gasteiger partial charge in [0.05, 0.1) is 10.6 Å². The Bertz CT molecular complexity index is 664. The van der Waals surface area contributed by atoms with Gasteiger partial charge in [-0.2, -0.15) is 8.42 Å². The van der Waals surface area contributed by atoms with E-state index in [-0.39, 0.29) is 16.3 Å². The summed E-state index contributed by atoms with van der Waals surface area (Å²) in [6.45, 7) is 0. The van der Waals surface area contributed by atoms with Crippen LogP contribution in [0.4, 0.5) is 5.69 Å². The summed E-state index contributed by atoms with van der Waals surface area (Å²) in [6, 6.07) is 6.58. The third kappa shape index (κ3) is 1.80. The van der Waals surface area contributed by atoms with Crippen molar-refractivity contribution in [1.29, 1.82) is 0 Å². The van der Waals surface area contributed by atoms with Crippen LogP contribution in [0.3, 0.4) is 0 Å². The fourth-order valence-corrected chi connectivity index (χ4v) is 2.00. The molecule has 16 heavy (non-hydrogen) atoms. The van der Waals surface area contributed by atoms with Crippen molar-refractivity contribution in [3.05, 3.63) is 30.3 Å². The van der Waals surface area contributed by atoms with E-state index in [2.05, 4.69) is 0 Å². The molecule has 0 atom stereocenters. The molecule has 3 N–H and O–H groups in total. The van der Waals surface area contributed by atoms with Crippen molar-refractivity contribution >= 4 is 26.6 Å². The molecule has 2 aromatic rings. The maximum absolute atomic E-state index is 10.9. The van der Waals surface area contributed by atoms with Gasteiger partial charge in [0.25, 0.3) is 10.1 Å². The molecule has 0 fully saturated rings. The Balaban J connectivity index is 2.84. The molecule has 0 unspecified atom stereocenters. The van der Waals surface area contributed by atoms with Gasteiger partial charge in [-0.3, -0.25) is 4.55 Å². The minimum Gasteiger partial charge on any atom is -0.507 e. The molecule has 0 saturated carbocycles. The van der Waals surface area contributed by atoms with E-state index in [9.17, 15) is 13.5 Å². The van der Waals surface area contributed by atoms with Crippen molar-refractivity contribution in [2.75, 3.05) is 0 Å². The van der Waals surface area contributed by atoms with E-state index < -0.39 is 10.1 Å².